The van der Waals surface area contributed by atoms with E-state index in [4.69, 9.17) is 4.74 Å². The van der Waals surface area contributed by atoms with E-state index in [9.17, 15) is 18.0 Å². The molecule has 1 heterocycles. The summed E-state index contributed by atoms with van der Waals surface area (Å²) >= 11 is 0. The van der Waals surface area contributed by atoms with Crippen molar-refractivity contribution in [1.29, 1.82) is 0 Å². The number of carbonyl (C=O) groups excluding carboxylic acids is 2. The van der Waals surface area contributed by atoms with Crippen LogP contribution in [-0.2, 0) is 30.9 Å². The molecule has 0 fully saturated rings. The summed E-state index contributed by atoms with van der Waals surface area (Å²) < 4.78 is 32.2. The maximum absolute atomic E-state index is 12.2. The molecule has 10 heteroatoms. The zero-order valence-corrected chi connectivity index (χ0v) is 17.6. The molecule has 0 aliphatic carbocycles. The lowest BCUT2D eigenvalue weighted by Gasteiger charge is -2.13. The SMILES string of the molecule is Cc1nc2ccccc2n1CC(=O)OCC(=O)Nc1cccc(S(=O)(=O)N(C)C)c1. The first-order chi connectivity index (χ1) is 14.2. The van der Waals surface area contributed by atoms with Crippen LogP contribution in [0.5, 0.6) is 0 Å². The molecular weight excluding hydrogens is 408 g/mol. The van der Waals surface area contributed by atoms with Gasteiger partial charge < -0.3 is 14.6 Å². The summed E-state index contributed by atoms with van der Waals surface area (Å²) in [4.78, 5) is 28.7. The van der Waals surface area contributed by atoms with Crippen molar-refractivity contribution in [3.63, 3.8) is 0 Å². The van der Waals surface area contributed by atoms with Crippen molar-refractivity contribution in [1.82, 2.24) is 13.9 Å². The third kappa shape index (κ3) is 4.66. The maximum atomic E-state index is 12.2. The zero-order valence-electron chi connectivity index (χ0n) is 16.8. The first-order valence-electron chi connectivity index (χ1n) is 9.08. The van der Waals surface area contributed by atoms with Crippen LogP contribution in [0.15, 0.2) is 53.4 Å². The molecule has 0 bridgehead atoms. The number of nitrogens with one attached hydrogen (secondary N) is 1. The van der Waals surface area contributed by atoms with E-state index >= 15 is 0 Å². The van der Waals surface area contributed by atoms with Crippen LogP contribution in [0, 0.1) is 6.92 Å². The lowest BCUT2D eigenvalue weighted by molar-refractivity contribution is -0.147. The van der Waals surface area contributed by atoms with Gasteiger partial charge in [0.2, 0.25) is 10.0 Å². The fraction of sp³-hybridized carbons (Fsp3) is 0.250. The number of anilines is 1. The van der Waals surface area contributed by atoms with Crippen molar-refractivity contribution in [2.24, 2.45) is 0 Å². The third-order valence-electron chi connectivity index (χ3n) is 4.39. The van der Waals surface area contributed by atoms with Gasteiger partial charge in [-0.3, -0.25) is 9.59 Å². The summed E-state index contributed by atoms with van der Waals surface area (Å²) in [7, 11) is -0.780. The molecule has 1 N–H and O–H groups in total. The Morgan fingerprint density at radius 3 is 2.60 bits per heavy atom. The number of sulfonamides is 1. The number of aromatic nitrogens is 2. The number of para-hydroxylation sites is 2. The minimum Gasteiger partial charge on any atom is -0.454 e. The number of amides is 1. The number of ether oxygens (including phenoxy) is 1. The molecule has 0 radical (unpaired) electrons. The van der Waals surface area contributed by atoms with Gasteiger partial charge in [0.1, 0.15) is 12.4 Å². The van der Waals surface area contributed by atoms with Gasteiger partial charge in [0.25, 0.3) is 5.91 Å². The molecule has 0 aliphatic heterocycles. The molecule has 1 aromatic heterocycles. The first kappa shape index (κ1) is 21.5. The van der Waals surface area contributed by atoms with Crippen molar-refractivity contribution in [2.45, 2.75) is 18.4 Å². The van der Waals surface area contributed by atoms with Gasteiger partial charge in [0.15, 0.2) is 6.61 Å². The number of benzene rings is 2. The quantitative estimate of drug-likeness (QED) is 0.572. The van der Waals surface area contributed by atoms with Crippen LogP contribution in [-0.4, -0.2) is 54.9 Å². The fourth-order valence-corrected chi connectivity index (χ4v) is 3.81. The van der Waals surface area contributed by atoms with Gasteiger partial charge in [-0.25, -0.2) is 17.7 Å². The number of rotatable bonds is 7. The van der Waals surface area contributed by atoms with Crippen LogP contribution < -0.4 is 5.32 Å². The lowest BCUT2D eigenvalue weighted by Crippen LogP contribution is -2.24. The lowest BCUT2D eigenvalue weighted by atomic mass is 10.3. The van der Waals surface area contributed by atoms with Gasteiger partial charge in [0.05, 0.1) is 15.9 Å². The monoisotopic (exact) mass is 430 g/mol. The van der Waals surface area contributed by atoms with Gasteiger partial charge in [-0.1, -0.05) is 18.2 Å². The Bertz CT molecular complexity index is 1200. The molecule has 0 aliphatic rings. The Labute approximate surface area is 174 Å². The van der Waals surface area contributed by atoms with Crippen LogP contribution in [0.4, 0.5) is 5.69 Å². The van der Waals surface area contributed by atoms with Crippen LogP contribution in [0.2, 0.25) is 0 Å². The van der Waals surface area contributed by atoms with E-state index in [0.717, 1.165) is 15.3 Å². The molecular formula is C20H22N4O5S. The number of fused-ring (bicyclic) bond motifs is 1. The minimum atomic E-state index is -3.62. The highest BCUT2D eigenvalue weighted by atomic mass is 32.2. The topological polar surface area (TPSA) is 111 Å². The second-order valence-corrected chi connectivity index (χ2v) is 8.91. The second kappa shape index (κ2) is 8.64. The number of carbonyl (C=O) groups is 2. The average molecular weight is 430 g/mol. The molecule has 3 rings (SSSR count). The Hall–Kier alpha value is -3.24. The highest BCUT2D eigenvalue weighted by Crippen LogP contribution is 2.18. The van der Waals surface area contributed by atoms with Crippen LogP contribution >= 0.6 is 0 Å². The molecule has 2 aromatic carbocycles. The summed E-state index contributed by atoms with van der Waals surface area (Å²) in [5.74, 6) is -0.494. The molecule has 0 atom stereocenters. The van der Waals surface area contributed by atoms with Gasteiger partial charge in [-0.2, -0.15) is 0 Å². The van der Waals surface area contributed by atoms with Crippen molar-refractivity contribution in [3.8, 4) is 0 Å². The maximum Gasteiger partial charge on any atom is 0.326 e. The number of hydrogen-bond acceptors (Lipinski definition) is 6. The van der Waals surface area contributed by atoms with E-state index in [0.29, 0.717) is 5.82 Å². The van der Waals surface area contributed by atoms with Gasteiger partial charge in [0, 0.05) is 19.8 Å². The van der Waals surface area contributed by atoms with E-state index in [1.165, 1.54) is 32.3 Å². The fourth-order valence-electron chi connectivity index (χ4n) is 2.86. The summed E-state index contributed by atoms with van der Waals surface area (Å²) in [5.41, 5.74) is 1.86. The van der Waals surface area contributed by atoms with Crippen LogP contribution in [0.1, 0.15) is 5.82 Å². The molecule has 0 unspecified atom stereocenters. The van der Waals surface area contributed by atoms with Gasteiger partial charge >= 0.3 is 5.97 Å². The highest BCUT2D eigenvalue weighted by Gasteiger charge is 2.18. The minimum absolute atomic E-state index is 0.0461. The summed E-state index contributed by atoms with van der Waals surface area (Å²) in [6.07, 6.45) is 0. The predicted molar refractivity (Wildman–Crippen MR) is 111 cm³/mol. The largest absolute Gasteiger partial charge is 0.454 e. The van der Waals surface area contributed by atoms with E-state index in [1.807, 2.05) is 24.3 Å². The van der Waals surface area contributed by atoms with E-state index in [-0.39, 0.29) is 17.1 Å². The molecule has 3 aromatic rings. The molecule has 0 saturated heterocycles. The first-order valence-corrected chi connectivity index (χ1v) is 10.5. The Balaban J connectivity index is 1.60. The second-order valence-electron chi connectivity index (χ2n) is 6.76. The number of hydrogen-bond donors (Lipinski definition) is 1. The van der Waals surface area contributed by atoms with Crippen molar-refractivity contribution in [3.05, 3.63) is 54.4 Å². The number of nitrogens with zero attached hydrogens (tertiary/aromatic N) is 3. The van der Waals surface area contributed by atoms with E-state index < -0.39 is 28.5 Å². The highest BCUT2D eigenvalue weighted by molar-refractivity contribution is 7.89. The van der Waals surface area contributed by atoms with Crippen molar-refractivity contribution < 1.29 is 22.7 Å². The van der Waals surface area contributed by atoms with Crippen molar-refractivity contribution >= 4 is 38.6 Å². The predicted octanol–water partition coefficient (Wildman–Crippen LogP) is 1.78. The smallest absolute Gasteiger partial charge is 0.326 e. The average Bonchev–Trinajstić information content (AvgIpc) is 3.02. The summed E-state index contributed by atoms with van der Waals surface area (Å²) in [5, 5.41) is 2.53. The third-order valence-corrected chi connectivity index (χ3v) is 6.20. The Morgan fingerprint density at radius 2 is 1.87 bits per heavy atom. The molecule has 30 heavy (non-hydrogen) atoms. The van der Waals surface area contributed by atoms with Crippen molar-refractivity contribution in [2.75, 3.05) is 26.0 Å². The number of imidazole rings is 1. The summed E-state index contributed by atoms with van der Waals surface area (Å²) in [6.45, 7) is 1.22. The molecule has 158 valence electrons. The molecule has 0 saturated carbocycles. The van der Waals surface area contributed by atoms with Gasteiger partial charge in [-0.15, -0.1) is 0 Å². The zero-order chi connectivity index (χ0) is 21.9. The van der Waals surface area contributed by atoms with Crippen LogP contribution in [0.3, 0.4) is 0 Å². The molecule has 0 spiro atoms. The summed E-state index contributed by atoms with van der Waals surface area (Å²) in [6, 6.07) is 13.3. The standard InChI is InChI=1S/C20H22N4O5S/c1-14-21-17-9-4-5-10-18(17)24(14)12-20(26)29-13-19(25)22-15-7-6-8-16(11-15)30(27,28)23(2)3/h4-11H,12-13H2,1-3H3,(H,22,25). The van der Waals surface area contributed by atoms with Crippen LogP contribution in [0.25, 0.3) is 11.0 Å². The molecule has 1 amide bonds. The Morgan fingerprint density at radius 1 is 1.13 bits per heavy atom. The number of esters is 1. The van der Waals surface area contributed by atoms with E-state index in [1.54, 1.807) is 17.6 Å². The molecule has 9 nitrogen and oxygen atoms in total. The Kier molecular flexibility index (Phi) is 6.18. The number of aryl methyl sites for hydroxylation is 1. The van der Waals surface area contributed by atoms with Gasteiger partial charge in [-0.05, 0) is 37.3 Å². The van der Waals surface area contributed by atoms with E-state index in [2.05, 4.69) is 10.3 Å². The normalized spacial score (nSPS) is 11.6.